The minimum absolute atomic E-state index is 0.0187. The van der Waals surface area contributed by atoms with Gasteiger partial charge in [-0.05, 0) is 31.2 Å². The number of carbonyl (C=O) groups excluding carboxylic acids is 2. The summed E-state index contributed by atoms with van der Waals surface area (Å²) in [4.78, 5) is 28.2. The summed E-state index contributed by atoms with van der Waals surface area (Å²) >= 11 is 1.51. The largest absolute Gasteiger partial charge is 0.326 e. The molecule has 1 heterocycles. The summed E-state index contributed by atoms with van der Waals surface area (Å²) in [6, 6.07) is 5.83. The number of amides is 2. The van der Waals surface area contributed by atoms with Crippen molar-refractivity contribution in [2.45, 2.75) is 24.8 Å². The van der Waals surface area contributed by atoms with Gasteiger partial charge in [-0.15, -0.1) is 11.8 Å². The number of benzene rings is 1. The zero-order valence-electron chi connectivity index (χ0n) is 12.4. The fourth-order valence-corrected chi connectivity index (χ4v) is 3.15. The number of hydrogen-bond donors (Lipinski definition) is 0. The molecule has 114 valence electrons. The molecule has 0 bridgehead atoms. The lowest BCUT2D eigenvalue weighted by atomic mass is 10.1. The lowest BCUT2D eigenvalue weighted by Crippen LogP contribution is -2.40. The fraction of sp³-hybridized carbons (Fsp3) is 0.467. The summed E-state index contributed by atoms with van der Waals surface area (Å²) in [5, 5.41) is 0. The van der Waals surface area contributed by atoms with E-state index in [2.05, 4.69) is 0 Å². The maximum absolute atomic E-state index is 12.8. The van der Waals surface area contributed by atoms with Gasteiger partial charge in [0.2, 0.25) is 11.8 Å². The van der Waals surface area contributed by atoms with Crippen LogP contribution < -0.4 is 0 Å². The molecule has 1 aliphatic rings. The minimum Gasteiger partial charge on any atom is -0.326 e. The molecule has 1 saturated heterocycles. The van der Waals surface area contributed by atoms with Gasteiger partial charge in [-0.25, -0.2) is 4.39 Å². The van der Waals surface area contributed by atoms with Crippen molar-refractivity contribution >= 4 is 23.6 Å². The van der Waals surface area contributed by atoms with Crippen LogP contribution in [0.4, 0.5) is 4.39 Å². The van der Waals surface area contributed by atoms with Crippen molar-refractivity contribution in [3.63, 3.8) is 0 Å². The van der Waals surface area contributed by atoms with Crippen LogP contribution >= 0.6 is 11.8 Å². The molecule has 4 nitrogen and oxygen atoms in total. The number of carbonyl (C=O) groups is 2. The van der Waals surface area contributed by atoms with Crippen molar-refractivity contribution in [3.8, 4) is 0 Å². The standard InChI is InChI=1S/C15H19FN2O2S/c1-10(8-21-13-6-4-12(16)5-7-13)14(19)18-9-17(3)15(20)11(18)2/h4-7,10-11H,8-9H2,1-3H3. The number of halogens is 1. The van der Waals surface area contributed by atoms with Gasteiger partial charge in [0.1, 0.15) is 11.9 Å². The lowest BCUT2D eigenvalue weighted by Gasteiger charge is -2.22. The van der Waals surface area contributed by atoms with Crippen molar-refractivity contribution in [2.75, 3.05) is 19.5 Å². The van der Waals surface area contributed by atoms with Gasteiger partial charge >= 0.3 is 0 Å². The molecule has 0 saturated carbocycles. The van der Waals surface area contributed by atoms with Gasteiger partial charge in [0, 0.05) is 23.6 Å². The summed E-state index contributed by atoms with van der Waals surface area (Å²) in [5.41, 5.74) is 0. The van der Waals surface area contributed by atoms with Gasteiger partial charge in [0.15, 0.2) is 0 Å². The molecule has 0 radical (unpaired) electrons. The van der Waals surface area contributed by atoms with Crippen molar-refractivity contribution in [1.29, 1.82) is 0 Å². The van der Waals surface area contributed by atoms with Crippen LogP contribution in [0.5, 0.6) is 0 Å². The predicted octanol–water partition coefficient (Wildman–Crippen LogP) is 2.20. The first-order valence-corrected chi connectivity index (χ1v) is 7.82. The molecule has 6 heteroatoms. The summed E-state index contributed by atoms with van der Waals surface area (Å²) in [7, 11) is 1.70. The van der Waals surface area contributed by atoms with E-state index in [1.807, 2.05) is 6.92 Å². The number of nitrogens with zero attached hydrogens (tertiary/aromatic N) is 2. The molecule has 2 atom stereocenters. The normalized spacial score (nSPS) is 20.0. The van der Waals surface area contributed by atoms with Crippen LogP contribution in [0.15, 0.2) is 29.2 Å². The Labute approximate surface area is 128 Å². The Bertz CT molecular complexity index is 535. The van der Waals surface area contributed by atoms with E-state index >= 15 is 0 Å². The third kappa shape index (κ3) is 3.56. The van der Waals surface area contributed by atoms with Crippen molar-refractivity contribution < 1.29 is 14.0 Å². The SMILES string of the molecule is CC(CSc1ccc(F)cc1)C(=O)N1CN(C)C(=O)C1C. The second-order valence-electron chi connectivity index (χ2n) is 5.33. The molecule has 1 aromatic rings. The van der Waals surface area contributed by atoms with E-state index < -0.39 is 0 Å². The van der Waals surface area contributed by atoms with Crippen LogP contribution in [0.3, 0.4) is 0 Å². The van der Waals surface area contributed by atoms with Crippen molar-refractivity contribution in [2.24, 2.45) is 5.92 Å². The average molecular weight is 310 g/mol. The second kappa shape index (κ2) is 6.47. The Morgan fingerprint density at radius 1 is 1.43 bits per heavy atom. The molecule has 1 fully saturated rings. The first-order chi connectivity index (χ1) is 9.90. The molecule has 1 aromatic carbocycles. The van der Waals surface area contributed by atoms with Gasteiger partial charge in [0.05, 0.1) is 6.67 Å². The molecule has 0 aliphatic carbocycles. The first-order valence-electron chi connectivity index (χ1n) is 6.84. The lowest BCUT2D eigenvalue weighted by molar-refractivity contribution is -0.137. The van der Waals surface area contributed by atoms with E-state index in [1.54, 1.807) is 35.9 Å². The maximum Gasteiger partial charge on any atom is 0.246 e. The molecule has 2 amide bonds. The average Bonchev–Trinajstić information content (AvgIpc) is 2.73. The molecular formula is C15H19FN2O2S. The van der Waals surface area contributed by atoms with Crippen LogP contribution in [0.1, 0.15) is 13.8 Å². The highest BCUT2D eigenvalue weighted by atomic mass is 32.2. The zero-order chi connectivity index (χ0) is 15.6. The van der Waals surface area contributed by atoms with Gasteiger partial charge < -0.3 is 9.80 Å². The van der Waals surface area contributed by atoms with Crippen LogP contribution in [0.2, 0.25) is 0 Å². The topological polar surface area (TPSA) is 40.6 Å². The van der Waals surface area contributed by atoms with Crippen LogP contribution in [0.25, 0.3) is 0 Å². The highest BCUT2D eigenvalue weighted by Crippen LogP contribution is 2.23. The Morgan fingerprint density at radius 3 is 2.57 bits per heavy atom. The van der Waals surface area contributed by atoms with Crippen LogP contribution in [-0.2, 0) is 9.59 Å². The summed E-state index contributed by atoms with van der Waals surface area (Å²) in [5.74, 6) is 0.0975. The van der Waals surface area contributed by atoms with E-state index in [1.165, 1.54) is 23.9 Å². The summed E-state index contributed by atoms with van der Waals surface area (Å²) < 4.78 is 12.8. The van der Waals surface area contributed by atoms with Crippen LogP contribution in [0, 0.1) is 11.7 Å². The van der Waals surface area contributed by atoms with E-state index in [-0.39, 0.29) is 29.6 Å². The van der Waals surface area contributed by atoms with E-state index in [0.717, 1.165) is 4.90 Å². The van der Waals surface area contributed by atoms with Crippen molar-refractivity contribution in [3.05, 3.63) is 30.1 Å². The quantitative estimate of drug-likeness (QED) is 0.801. The Hall–Kier alpha value is -1.56. The first kappa shape index (κ1) is 15.8. The molecular weight excluding hydrogens is 291 g/mol. The van der Waals surface area contributed by atoms with Gasteiger partial charge in [0.25, 0.3) is 0 Å². The molecule has 0 N–H and O–H groups in total. The molecule has 1 aliphatic heterocycles. The molecule has 0 spiro atoms. The fourth-order valence-electron chi connectivity index (χ4n) is 2.24. The van der Waals surface area contributed by atoms with E-state index in [4.69, 9.17) is 0 Å². The summed E-state index contributed by atoms with van der Waals surface area (Å²) in [6.07, 6.45) is 0. The summed E-state index contributed by atoms with van der Waals surface area (Å²) in [6.45, 7) is 3.96. The van der Waals surface area contributed by atoms with Crippen molar-refractivity contribution in [1.82, 2.24) is 9.80 Å². The van der Waals surface area contributed by atoms with Gasteiger partial charge in [-0.3, -0.25) is 9.59 Å². The molecule has 0 aromatic heterocycles. The Kier molecular flexibility index (Phi) is 4.88. The number of likely N-dealkylation sites (N-methyl/N-ethyl adjacent to an activating group) is 1. The Morgan fingerprint density at radius 2 is 2.05 bits per heavy atom. The minimum atomic E-state index is -0.388. The van der Waals surface area contributed by atoms with E-state index in [0.29, 0.717) is 12.4 Å². The van der Waals surface area contributed by atoms with Crippen LogP contribution in [-0.4, -0.2) is 47.1 Å². The Balaban J connectivity index is 1.91. The van der Waals surface area contributed by atoms with E-state index in [9.17, 15) is 14.0 Å². The second-order valence-corrected chi connectivity index (χ2v) is 6.42. The third-order valence-electron chi connectivity index (χ3n) is 3.58. The third-order valence-corrected chi connectivity index (χ3v) is 4.86. The smallest absolute Gasteiger partial charge is 0.246 e. The highest BCUT2D eigenvalue weighted by Gasteiger charge is 2.37. The number of rotatable bonds is 4. The zero-order valence-corrected chi connectivity index (χ0v) is 13.2. The number of thioether (sulfide) groups is 1. The monoisotopic (exact) mass is 310 g/mol. The van der Waals surface area contributed by atoms with Gasteiger partial charge in [-0.2, -0.15) is 0 Å². The van der Waals surface area contributed by atoms with Gasteiger partial charge in [-0.1, -0.05) is 6.92 Å². The maximum atomic E-state index is 12.8. The molecule has 2 unspecified atom stereocenters. The molecule has 2 rings (SSSR count). The molecule has 21 heavy (non-hydrogen) atoms. The predicted molar refractivity (Wildman–Crippen MR) is 80.2 cm³/mol. The highest BCUT2D eigenvalue weighted by molar-refractivity contribution is 7.99. The number of hydrogen-bond acceptors (Lipinski definition) is 3.